The number of aromatic nitrogens is 21. The number of ether oxygens (including phenoxy) is 1. The predicted molar refractivity (Wildman–Crippen MR) is 506 cm³/mol. The van der Waals surface area contributed by atoms with Gasteiger partial charge in [0, 0.05) is 162 Å². The van der Waals surface area contributed by atoms with Crippen LogP contribution >= 0.6 is 11.5 Å². The Hall–Kier alpha value is -16.9. The number of nitrogens with one attached hydrogen (secondary N) is 4. The summed E-state index contributed by atoms with van der Waals surface area (Å²) in [5, 5.41) is 61.4. The first-order valence-electron chi connectivity index (χ1n) is 41.9. The SMILES string of the molecule is [C-]#[N+]c1cc(-c2cnn(C)c2)ccc1-c1c(-c2ccc3c(=O)[nH]nc(CC)c3c2)cnn1C.[C-]#[N+]c1ccc(-c2cnn(C)c2)cc1-c1c(-c2ccc3c(=O)[nH]nc(CC)c3c2)cnn1C.[C-]#[N+]c1ccc(-c2cnsc2)cc1-c1c(-c2ccc3c(=O)[nH]nc(CC)c3c2)cnn1C.[C-]#[N+]c1ccc(C2CCOC2)cc1-c1c(-c2ccc3c(=O)[nH]nc(CC)c3c2)cnn1C. The first-order chi connectivity index (χ1) is 63.2. The van der Waals surface area contributed by atoms with Gasteiger partial charge < -0.3 is 4.74 Å². The summed E-state index contributed by atoms with van der Waals surface area (Å²) >= 11 is 1.39. The molecule has 12 heterocycles. The largest absolute Gasteiger partial charge is 0.381 e. The monoisotopic (exact) mass is 1730 g/mol. The maximum absolute atomic E-state index is 12.3. The molecule has 130 heavy (non-hydrogen) atoms. The lowest BCUT2D eigenvalue weighted by Crippen LogP contribution is -2.10. The number of hydrogen-bond donors (Lipinski definition) is 4. The summed E-state index contributed by atoms with van der Waals surface area (Å²) < 4.78 is 20.4. The van der Waals surface area contributed by atoms with Gasteiger partial charge in [0.15, 0.2) is 22.7 Å². The Morgan fingerprint density at radius 3 is 1.02 bits per heavy atom. The fourth-order valence-electron chi connectivity index (χ4n) is 16.9. The molecule has 11 aromatic heterocycles. The molecule has 0 radical (unpaired) electrons. The molecule has 1 aliphatic rings. The van der Waals surface area contributed by atoms with Crippen molar-refractivity contribution in [2.75, 3.05) is 13.2 Å². The van der Waals surface area contributed by atoms with Gasteiger partial charge in [-0.25, -0.2) is 44.1 Å². The molecule has 4 N–H and O–H groups in total. The summed E-state index contributed by atoms with van der Waals surface area (Å²) in [6.07, 6.45) is 20.3. The van der Waals surface area contributed by atoms with E-state index in [0.717, 1.165) is 180 Å². The van der Waals surface area contributed by atoms with E-state index in [2.05, 4.69) is 101 Å². The lowest BCUT2D eigenvalue weighted by atomic mass is 9.92. The molecular weight excluding hydrogens is 1650 g/mol. The van der Waals surface area contributed by atoms with Gasteiger partial charge in [-0.05, 0) is 143 Å². The number of hydrogen-bond acceptors (Lipinski definition) is 17. The number of fused-ring (bicyclic) bond motifs is 4. The van der Waals surface area contributed by atoms with E-state index in [4.69, 9.17) is 31.0 Å². The van der Waals surface area contributed by atoms with Gasteiger partial charge in [0.1, 0.15) is 0 Å². The second-order valence-corrected chi connectivity index (χ2v) is 31.9. The van der Waals surface area contributed by atoms with E-state index in [9.17, 15) is 19.2 Å². The van der Waals surface area contributed by atoms with E-state index in [1.807, 2.05) is 244 Å². The summed E-state index contributed by atoms with van der Waals surface area (Å²) in [5.74, 6) is 0.343. The Kier molecular flexibility index (Phi) is 23.9. The number of nitrogens with zero attached hydrogens (tertiary/aromatic N) is 21. The van der Waals surface area contributed by atoms with Crippen molar-refractivity contribution >= 4 is 77.4 Å². The number of H-pyrrole nitrogens is 4. The molecule has 1 aliphatic heterocycles. The molecule has 20 rings (SSSR count). The highest BCUT2D eigenvalue weighted by Gasteiger charge is 2.27. The molecule has 0 bridgehead atoms. The van der Waals surface area contributed by atoms with Gasteiger partial charge in [-0.3, -0.25) is 47.3 Å². The van der Waals surface area contributed by atoms with Crippen molar-refractivity contribution in [2.45, 2.75) is 65.7 Å². The van der Waals surface area contributed by atoms with Crippen LogP contribution in [0.2, 0.25) is 0 Å². The second kappa shape index (κ2) is 36.4. The number of benzene rings is 8. The normalized spacial score (nSPS) is 12.2. The van der Waals surface area contributed by atoms with Crippen LogP contribution in [0.1, 0.15) is 68.4 Å². The Labute approximate surface area is 747 Å². The first kappa shape index (κ1) is 85.3. The number of aryl methyl sites for hydroxylation is 10. The summed E-state index contributed by atoms with van der Waals surface area (Å²) in [5.41, 5.74) is 25.7. The van der Waals surface area contributed by atoms with Crippen LogP contribution < -0.4 is 22.2 Å². The fourth-order valence-corrected chi connectivity index (χ4v) is 17.4. The molecule has 0 aliphatic carbocycles. The molecule has 640 valence electrons. The molecule has 1 atom stereocenters. The van der Waals surface area contributed by atoms with E-state index in [0.29, 0.717) is 82.5 Å². The Bertz CT molecular complexity index is 8090. The van der Waals surface area contributed by atoms with Crippen molar-refractivity contribution in [1.82, 2.24) is 104 Å². The van der Waals surface area contributed by atoms with E-state index < -0.39 is 0 Å². The molecule has 1 unspecified atom stereocenters. The average Bonchev–Trinajstić information content (AvgIpc) is 1.57. The van der Waals surface area contributed by atoms with Crippen LogP contribution in [0.3, 0.4) is 0 Å². The Morgan fingerprint density at radius 2 is 0.685 bits per heavy atom. The molecule has 0 spiro atoms. The first-order valence-corrected chi connectivity index (χ1v) is 42.7. The second-order valence-electron chi connectivity index (χ2n) is 31.3. The van der Waals surface area contributed by atoms with Gasteiger partial charge in [-0.2, -0.15) is 51.0 Å². The standard InChI is InChI=1S/2C25H21N7O.C25H23N5O2.C24H18N6OS/c1-5-22-20-10-16(7-8-18(20)25(33)30-29-22)21-13-28-32(4)24(21)19-9-6-15(11-23(19)26-2)17-12-27-31(3)14-17;1-5-22-19-11-16(6-8-18(19)25(33)30-29-22)21-13-28-32(4)24(21)20-10-15(7-9-23(20)26-2)17-12-27-31(3)14-17;1-4-22-19-12-16(5-7-18(19)25(31)29-28-22)21-13-27-30(3)24(21)20-11-15(6-8-23(20)26-2)17-9-10-32-14-17;1-4-21-18-10-15(5-7-17(18)24(31)29-28-21)20-12-26-30(3)23(20)19-9-14(6-8-22(19)25-2)16-11-27-32-13-16/h2*6-14H,5H2,1,3-4H3,(H,30,33);5-8,11-13,17H,4,9-10,14H2,1,3H3,(H,29,31);5-13H,4H2,1,3H3,(H,29,31). The molecule has 1 fully saturated rings. The topological polar surface area (TPSA) is 329 Å². The van der Waals surface area contributed by atoms with E-state index >= 15 is 0 Å². The van der Waals surface area contributed by atoms with Crippen molar-refractivity contribution in [3.05, 3.63) is 322 Å². The minimum atomic E-state index is -0.209. The molecule has 0 saturated carbocycles. The smallest absolute Gasteiger partial charge is 0.272 e. The van der Waals surface area contributed by atoms with Crippen molar-refractivity contribution in [3.63, 3.8) is 0 Å². The summed E-state index contributed by atoms with van der Waals surface area (Å²) in [7, 11) is 11.2. The van der Waals surface area contributed by atoms with Crippen LogP contribution in [0.25, 0.3) is 185 Å². The quantitative estimate of drug-likeness (QED) is 0.0653. The van der Waals surface area contributed by atoms with Gasteiger partial charge in [0.05, 0.1) is 137 Å². The molecule has 0 amide bonds. The zero-order valence-corrected chi connectivity index (χ0v) is 73.3. The third kappa shape index (κ3) is 16.3. The van der Waals surface area contributed by atoms with Crippen LogP contribution in [0.5, 0.6) is 0 Å². The highest BCUT2D eigenvalue weighted by molar-refractivity contribution is 7.03. The third-order valence-corrected chi connectivity index (χ3v) is 24.2. The van der Waals surface area contributed by atoms with Gasteiger partial charge in [0.25, 0.3) is 22.2 Å². The fraction of sp³-hybridized carbons (Fsp3) is 0.182. The van der Waals surface area contributed by atoms with Gasteiger partial charge >= 0.3 is 0 Å². The Balaban J connectivity index is 0.000000121. The highest BCUT2D eigenvalue weighted by atomic mass is 32.1. The zero-order valence-electron chi connectivity index (χ0n) is 72.5. The lowest BCUT2D eigenvalue weighted by Gasteiger charge is -2.14. The predicted octanol–water partition coefficient (Wildman–Crippen LogP) is 18.8. The van der Waals surface area contributed by atoms with Crippen molar-refractivity contribution in [1.29, 1.82) is 0 Å². The van der Waals surface area contributed by atoms with Crippen LogP contribution in [-0.4, -0.2) is 117 Å². The van der Waals surface area contributed by atoms with Crippen molar-refractivity contribution < 1.29 is 4.74 Å². The van der Waals surface area contributed by atoms with Crippen LogP contribution in [0.4, 0.5) is 22.7 Å². The lowest BCUT2D eigenvalue weighted by molar-refractivity contribution is 0.194. The molecular formula is C99H83N25O5S. The zero-order chi connectivity index (χ0) is 90.7. The van der Waals surface area contributed by atoms with E-state index in [1.54, 1.807) is 54.4 Å². The third-order valence-electron chi connectivity index (χ3n) is 23.6. The van der Waals surface area contributed by atoms with Gasteiger partial charge in [0.2, 0.25) is 0 Å². The summed E-state index contributed by atoms with van der Waals surface area (Å²) in [6, 6.07) is 46.4. The average molecular weight is 1730 g/mol. The number of rotatable bonds is 16. The highest BCUT2D eigenvalue weighted by Crippen LogP contribution is 2.46. The molecule has 1 saturated heterocycles. The van der Waals surface area contributed by atoms with E-state index in [-0.39, 0.29) is 22.2 Å². The summed E-state index contributed by atoms with van der Waals surface area (Å²) in [6.45, 7) is 40.5. The molecule has 31 heteroatoms. The minimum absolute atomic E-state index is 0.197. The van der Waals surface area contributed by atoms with Crippen LogP contribution in [-0.2, 0) is 72.7 Å². The van der Waals surface area contributed by atoms with Gasteiger partial charge in [-0.1, -0.05) is 119 Å². The minimum Gasteiger partial charge on any atom is -0.381 e. The molecule has 19 aromatic rings. The number of aromatic amines is 4. The maximum Gasteiger partial charge on any atom is 0.272 e. The molecule has 8 aromatic carbocycles. The van der Waals surface area contributed by atoms with Crippen LogP contribution in [0, 0.1) is 26.3 Å². The summed E-state index contributed by atoms with van der Waals surface area (Å²) in [4.78, 5) is 64.1. The van der Waals surface area contributed by atoms with E-state index in [1.165, 1.54) is 17.1 Å². The van der Waals surface area contributed by atoms with Crippen LogP contribution in [0.15, 0.2) is 226 Å². The molecule has 30 nitrogen and oxygen atoms in total. The maximum atomic E-state index is 12.3. The van der Waals surface area contributed by atoms with Gasteiger partial charge in [-0.15, -0.1) is 0 Å². The Morgan fingerprint density at radius 1 is 0.346 bits per heavy atom. The van der Waals surface area contributed by atoms with Crippen molar-refractivity contribution in [3.8, 4) is 123 Å². The van der Waals surface area contributed by atoms with Crippen molar-refractivity contribution in [2.24, 2.45) is 42.3 Å².